The van der Waals surface area contributed by atoms with Crippen molar-refractivity contribution in [2.75, 3.05) is 30.5 Å². The molecule has 0 aliphatic rings. The van der Waals surface area contributed by atoms with Gasteiger partial charge in [0.25, 0.3) is 0 Å². The Hall–Kier alpha value is -4.64. The van der Waals surface area contributed by atoms with Crippen molar-refractivity contribution in [2.45, 2.75) is 0 Å². The van der Waals surface area contributed by atoms with Crippen molar-refractivity contribution >= 4 is 17.1 Å². The number of benzene rings is 4. The van der Waals surface area contributed by atoms with E-state index >= 15 is 0 Å². The van der Waals surface area contributed by atoms with Crippen LogP contribution in [-0.2, 0) is 0 Å². The number of nitrogen functional groups attached to an aromatic ring is 1. The molecule has 35 heavy (non-hydrogen) atoms. The Kier molecular flexibility index (Phi) is 6.14. The standard InChI is InChI=1S/C30H27N5/c1-32-25-15-7-12-22(18-25)29-30(23-13-8-16-26(19-23)33-2)35-28(21-11-6-14-24(31)17-21)27(34-29)20-9-4-3-5-10-20/h3-19,32-33H,31H2,1-2H3. The first kappa shape index (κ1) is 22.2. The summed E-state index contributed by atoms with van der Waals surface area (Å²) in [5.74, 6) is 0. The number of nitrogens with zero attached hydrogens (tertiary/aromatic N) is 2. The second kappa shape index (κ2) is 9.69. The Balaban J connectivity index is 1.85. The lowest BCUT2D eigenvalue weighted by Gasteiger charge is -2.17. The molecule has 0 aliphatic heterocycles. The number of nitrogens with two attached hydrogens (primary N) is 1. The van der Waals surface area contributed by atoms with Crippen LogP contribution in [0, 0.1) is 0 Å². The van der Waals surface area contributed by atoms with E-state index in [4.69, 9.17) is 15.7 Å². The van der Waals surface area contributed by atoms with Gasteiger partial charge in [-0.05, 0) is 36.4 Å². The van der Waals surface area contributed by atoms with Gasteiger partial charge in [-0.25, -0.2) is 9.97 Å². The normalized spacial score (nSPS) is 10.7. The quantitative estimate of drug-likeness (QED) is 0.244. The Morgan fingerprint density at radius 2 is 0.914 bits per heavy atom. The summed E-state index contributed by atoms with van der Waals surface area (Å²) in [7, 11) is 3.83. The van der Waals surface area contributed by atoms with Gasteiger partial charge >= 0.3 is 0 Å². The summed E-state index contributed by atoms with van der Waals surface area (Å²) in [6.45, 7) is 0. The Bertz CT molecular complexity index is 1480. The molecule has 4 aromatic carbocycles. The van der Waals surface area contributed by atoms with Crippen LogP contribution in [0.15, 0.2) is 103 Å². The zero-order chi connectivity index (χ0) is 24.2. The van der Waals surface area contributed by atoms with Crippen molar-refractivity contribution in [1.82, 2.24) is 9.97 Å². The first-order valence-electron chi connectivity index (χ1n) is 11.6. The van der Waals surface area contributed by atoms with Gasteiger partial charge < -0.3 is 16.4 Å². The number of hydrogen-bond acceptors (Lipinski definition) is 5. The minimum absolute atomic E-state index is 0.688. The minimum atomic E-state index is 0.688. The Morgan fingerprint density at radius 3 is 1.40 bits per heavy atom. The SMILES string of the molecule is CNc1cccc(-c2nc(-c3ccccc3)c(-c3cccc(N)c3)nc2-c2cccc(NC)c2)c1. The zero-order valence-electron chi connectivity index (χ0n) is 19.8. The van der Waals surface area contributed by atoms with Crippen LogP contribution >= 0.6 is 0 Å². The summed E-state index contributed by atoms with van der Waals surface area (Å²) in [5, 5.41) is 6.46. The summed E-state index contributed by atoms with van der Waals surface area (Å²) >= 11 is 0. The van der Waals surface area contributed by atoms with Gasteiger partial charge in [-0.15, -0.1) is 0 Å². The van der Waals surface area contributed by atoms with Crippen molar-refractivity contribution in [2.24, 2.45) is 0 Å². The first-order valence-corrected chi connectivity index (χ1v) is 11.6. The van der Waals surface area contributed by atoms with E-state index in [0.717, 1.165) is 56.4 Å². The molecular formula is C30H27N5. The third kappa shape index (κ3) is 4.57. The van der Waals surface area contributed by atoms with Crippen molar-refractivity contribution in [1.29, 1.82) is 0 Å². The highest BCUT2D eigenvalue weighted by Gasteiger charge is 2.20. The second-order valence-electron chi connectivity index (χ2n) is 8.27. The number of hydrogen-bond donors (Lipinski definition) is 3. The van der Waals surface area contributed by atoms with Crippen molar-refractivity contribution in [3.8, 4) is 45.0 Å². The minimum Gasteiger partial charge on any atom is -0.399 e. The molecular weight excluding hydrogens is 430 g/mol. The largest absolute Gasteiger partial charge is 0.399 e. The fourth-order valence-electron chi connectivity index (χ4n) is 4.17. The molecule has 0 amide bonds. The van der Waals surface area contributed by atoms with Gasteiger partial charge in [0, 0.05) is 53.4 Å². The first-order chi connectivity index (χ1) is 17.2. The molecule has 0 unspecified atom stereocenters. The van der Waals surface area contributed by atoms with Crippen molar-refractivity contribution in [3.05, 3.63) is 103 Å². The van der Waals surface area contributed by atoms with Gasteiger partial charge in [0.1, 0.15) is 0 Å². The van der Waals surface area contributed by atoms with Crippen LogP contribution in [0.25, 0.3) is 45.0 Å². The van der Waals surface area contributed by atoms with E-state index in [9.17, 15) is 0 Å². The predicted molar refractivity (Wildman–Crippen MR) is 147 cm³/mol. The highest BCUT2D eigenvalue weighted by atomic mass is 14.9. The molecule has 1 aromatic heterocycles. The number of nitrogens with one attached hydrogen (secondary N) is 2. The van der Waals surface area contributed by atoms with E-state index in [-0.39, 0.29) is 0 Å². The lowest BCUT2D eigenvalue weighted by atomic mass is 9.98. The maximum atomic E-state index is 6.16. The highest BCUT2D eigenvalue weighted by molar-refractivity contribution is 5.88. The van der Waals surface area contributed by atoms with E-state index in [1.165, 1.54) is 0 Å². The third-order valence-corrected chi connectivity index (χ3v) is 5.95. The molecule has 0 saturated carbocycles. The maximum absolute atomic E-state index is 6.16. The monoisotopic (exact) mass is 457 g/mol. The number of rotatable bonds is 6. The molecule has 0 spiro atoms. The Morgan fingerprint density at radius 1 is 0.486 bits per heavy atom. The van der Waals surface area contributed by atoms with Crippen molar-refractivity contribution < 1.29 is 0 Å². The molecule has 0 saturated heterocycles. The van der Waals surface area contributed by atoms with E-state index in [2.05, 4.69) is 47.0 Å². The van der Waals surface area contributed by atoms with Crippen molar-refractivity contribution in [3.63, 3.8) is 0 Å². The van der Waals surface area contributed by atoms with Crippen LogP contribution in [-0.4, -0.2) is 24.1 Å². The van der Waals surface area contributed by atoms with E-state index in [0.29, 0.717) is 5.69 Å². The zero-order valence-corrected chi connectivity index (χ0v) is 19.8. The summed E-state index contributed by atoms with van der Waals surface area (Å²) in [4.78, 5) is 10.5. The molecule has 5 rings (SSSR count). The molecule has 1 heterocycles. The van der Waals surface area contributed by atoms with Crippen LogP contribution in [0.5, 0.6) is 0 Å². The summed E-state index contributed by atoms with van der Waals surface area (Å²) in [6, 6.07) is 34.5. The van der Waals surface area contributed by atoms with Crippen LogP contribution < -0.4 is 16.4 Å². The topological polar surface area (TPSA) is 75.9 Å². The summed E-state index contributed by atoms with van der Waals surface area (Å²) < 4.78 is 0. The lowest BCUT2D eigenvalue weighted by molar-refractivity contribution is 1.21. The van der Waals surface area contributed by atoms with Gasteiger partial charge in [-0.3, -0.25) is 0 Å². The lowest BCUT2D eigenvalue weighted by Crippen LogP contribution is -2.02. The molecule has 0 bridgehead atoms. The third-order valence-electron chi connectivity index (χ3n) is 5.95. The number of aromatic nitrogens is 2. The molecule has 0 atom stereocenters. The van der Waals surface area contributed by atoms with E-state index < -0.39 is 0 Å². The molecule has 0 fully saturated rings. The average molecular weight is 458 g/mol. The van der Waals surface area contributed by atoms with Crippen LogP contribution in [0.2, 0.25) is 0 Å². The number of anilines is 3. The van der Waals surface area contributed by atoms with E-state index in [1.807, 2.05) is 80.8 Å². The smallest absolute Gasteiger partial charge is 0.0974 e. The molecule has 4 N–H and O–H groups in total. The van der Waals surface area contributed by atoms with Gasteiger partial charge in [-0.1, -0.05) is 66.7 Å². The summed E-state index contributed by atoms with van der Waals surface area (Å²) in [6.07, 6.45) is 0. The van der Waals surface area contributed by atoms with E-state index in [1.54, 1.807) is 0 Å². The van der Waals surface area contributed by atoms with Gasteiger partial charge in [0.05, 0.1) is 22.8 Å². The fraction of sp³-hybridized carbons (Fsp3) is 0.0667. The predicted octanol–water partition coefficient (Wildman–Crippen LogP) is 6.81. The Labute approximate surface area is 205 Å². The second-order valence-corrected chi connectivity index (χ2v) is 8.27. The molecule has 5 aromatic rings. The van der Waals surface area contributed by atoms with Crippen LogP contribution in [0.1, 0.15) is 0 Å². The van der Waals surface area contributed by atoms with Gasteiger partial charge in [0.2, 0.25) is 0 Å². The van der Waals surface area contributed by atoms with Gasteiger partial charge in [0.15, 0.2) is 0 Å². The average Bonchev–Trinajstić information content (AvgIpc) is 2.93. The van der Waals surface area contributed by atoms with Crippen LogP contribution in [0.3, 0.4) is 0 Å². The molecule has 5 nitrogen and oxygen atoms in total. The van der Waals surface area contributed by atoms with Gasteiger partial charge in [-0.2, -0.15) is 0 Å². The van der Waals surface area contributed by atoms with Crippen LogP contribution in [0.4, 0.5) is 17.1 Å². The highest BCUT2D eigenvalue weighted by Crippen LogP contribution is 2.38. The summed E-state index contributed by atoms with van der Waals surface area (Å²) in [5.41, 5.74) is 16.0. The molecule has 5 heteroatoms. The molecule has 172 valence electrons. The molecule has 0 aliphatic carbocycles. The molecule has 0 radical (unpaired) electrons. The fourth-order valence-corrected chi connectivity index (χ4v) is 4.17. The maximum Gasteiger partial charge on any atom is 0.0974 e.